The number of halogens is 7. The summed E-state index contributed by atoms with van der Waals surface area (Å²) in [5.41, 5.74) is -3.20. The van der Waals surface area contributed by atoms with E-state index in [2.05, 4.69) is 0 Å². The van der Waals surface area contributed by atoms with E-state index in [1.54, 1.807) is 22.6 Å². The van der Waals surface area contributed by atoms with Crippen LogP contribution in [0.3, 0.4) is 0 Å². The van der Waals surface area contributed by atoms with Crippen molar-refractivity contribution in [3.8, 4) is 5.75 Å². The molecule has 1 aromatic heterocycles. The number of hydrogen-bond acceptors (Lipinski definition) is 2. The number of rotatable bonds is 2. The first-order valence-electron chi connectivity index (χ1n) is 5.94. The zero-order valence-corrected chi connectivity index (χ0v) is 13.7. The molecule has 0 radical (unpaired) electrons. The minimum atomic E-state index is -5.43. The summed E-state index contributed by atoms with van der Waals surface area (Å²) in [6.45, 7) is 0. The van der Waals surface area contributed by atoms with E-state index in [9.17, 15) is 31.1 Å². The second-order valence-corrected chi connectivity index (χ2v) is 5.77. The van der Waals surface area contributed by atoms with E-state index in [1.807, 2.05) is 0 Å². The van der Waals surface area contributed by atoms with Crippen LogP contribution in [0, 0.1) is 3.57 Å². The van der Waals surface area contributed by atoms with Crippen LogP contribution in [-0.4, -0.2) is 23.6 Å². The van der Waals surface area contributed by atoms with Gasteiger partial charge in [0.1, 0.15) is 11.4 Å². The second kappa shape index (κ2) is 5.56. The summed E-state index contributed by atoms with van der Waals surface area (Å²) < 4.78 is 83.7. The maximum absolute atomic E-state index is 13.2. The lowest BCUT2D eigenvalue weighted by Gasteiger charge is -2.12. The summed E-state index contributed by atoms with van der Waals surface area (Å²) in [6, 6.07) is 2.24. The first-order chi connectivity index (χ1) is 10.4. The summed E-state index contributed by atoms with van der Waals surface area (Å²) in [6.07, 6.45) is -10.5. The number of methoxy groups -OCH3 is 1. The van der Waals surface area contributed by atoms with Crippen molar-refractivity contribution in [2.45, 2.75) is 12.4 Å². The van der Waals surface area contributed by atoms with Crippen LogP contribution in [0.5, 0.6) is 5.75 Å². The topological polar surface area (TPSA) is 31.2 Å². The highest BCUT2D eigenvalue weighted by atomic mass is 127. The van der Waals surface area contributed by atoms with Crippen LogP contribution in [0.1, 0.15) is 16.1 Å². The third-order valence-electron chi connectivity index (χ3n) is 3.23. The Morgan fingerprint density at radius 3 is 2.17 bits per heavy atom. The number of ketones is 1. The molecule has 0 aliphatic heterocycles. The molecule has 3 nitrogen and oxygen atoms in total. The number of benzene rings is 1. The van der Waals surface area contributed by atoms with Gasteiger partial charge < -0.3 is 9.30 Å². The summed E-state index contributed by atoms with van der Waals surface area (Å²) in [7, 11) is 2.18. The van der Waals surface area contributed by atoms with Crippen LogP contribution >= 0.6 is 22.6 Å². The molecule has 0 bridgehead atoms. The quantitative estimate of drug-likeness (QED) is 0.381. The van der Waals surface area contributed by atoms with Crippen molar-refractivity contribution in [1.29, 1.82) is 0 Å². The van der Waals surface area contributed by atoms with Gasteiger partial charge in [-0.3, -0.25) is 4.79 Å². The number of aryl methyl sites for hydroxylation is 1. The summed E-state index contributed by atoms with van der Waals surface area (Å²) >= 11 is 1.77. The fourth-order valence-electron chi connectivity index (χ4n) is 2.30. The zero-order chi connectivity index (χ0) is 17.7. The monoisotopic (exact) mass is 451 g/mol. The highest BCUT2D eigenvalue weighted by molar-refractivity contribution is 14.1. The molecule has 0 saturated carbocycles. The number of hydrogen-bond donors (Lipinski definition) is 0. The average Bonchev–Trinajstić information content (AvgIpc) is 2.68. The predicted octanol–water partition coefficient (Wildman–Crippen LogP) is 4.56. The number of nitrogens with zero attached hydrogens (tertiary/aromatic N) is 1. The average molecular weight is 451 g/mol. The van der Waals surface area contributed by atoms with E-state index >= 15 is 0 Å². The molecular formula is C13H8F6INO2. The van der Waals surface area contributed by atoms with E-state index < -0.39 is 34.8 Å². The Hall–Kier alpha value is -1.46. The Morgan fingerprint density at radius 2 is 1.74 bits per heavy atom. The van der Waals surface area contributed by atoms with Gasteiger partial charge in [0.2, 0.25) is 0 Å². The number of carbonyl (C=O) groups is 1. The summed E-state index contributed by atoms with van der Waals surface area (Å²) in [5.74, 6) is -2.47. The summed E-state index contributed by atoms with van der Waals surface area (Å²) in [4.78, 5) is 11.6. The molecule has 0 atom stereocenters. The first-order valence-corrected chi connectivity index (χ1v) is 7.02. The van der Waals surface area contributed by atoms with Gasteiger partial charge in [-0.15, -0.1) is 0 Å². The maximum Gasteiger partial charge on any atom is 0.454 e. The van der Waals surface area contributed by atoms with E-state index in [4.69, 9.17) is 4.74 Å². The van der Waals surface area contributed by atoms with Crippen LogP contribution < -0.4 is 4.74 Å². The molecule has 2 rings (SSSR count). The third-order valence-corrected chi connectivity index (χ3v) is 4.07. The Labute approximate surface area is 139 Å². The molecule has 1 aromatic carbocycles. The molecule has 0 N–H and O–H groups in total. The van der Waals surface area contributed by atoms with Gasteiger partial charge in [0.15, 0.2) is 0 Å². The number of carbonyl (C=O) groups excluding carboxylic acids is 1. The SMILES string of the molecule is COc1cc2c(C(=O)C(F)(F)F)c(C(F)(F)F)n(C)c2cc1I. The van der Waals surface area contributed by atoms with Crippen molar-refractivity contribution in [3.63, 3.8) is 0 Å². The molecule has 0 aliphatic carbocycles. The maximum atomic E-state index is 13.2. The molecule has 126 valence electrons. The van der Waals surface area contributed by atoms with Gasteiger partial charge in [-0.1, -0.05) is 0 Å². The van der Waals surface area contributed by atoms with E-state index in [1.165, 1.54) is 13.2 Å². The molecule has 0 saturated heterocycles. The molecule has 1 heterocycles. The van der Waals surface area contributed by atoms with Gasteiger partial charge in [0, 0.05) is 12.4 Å². The molecular weight excluding hydrogens is 443 g/mol. The van der Waals surface area contributed by atoms with Crippen LogP contribution in [0.2, 0.25) is 0 Å². The molecule has 0 fully saturated rings. The van der Waals surface area contributed by atoms with Gasteiger partial charge >= 0.3 is 12.4 Å². The Bertz CT molecular complexity index is 791. The molecule has 2 aromatic rings. The van der Waals surface area contributed by atoms with Crippen molar-refractivity contribution in [2.24, 2.45) is 7.05 Å². The molecule has 0 spiro atoms. The van der Waals surface area contributed by atoms with Gasteiger partial charge in [-0.05, 0) is 34.7 Å². The van der Waals surface area contributed by atoms with Crippen molar-refractivity contribution < 1.29 is 35.9 Å². The first kappa shape index (κ1) is 17.9. The van der Waals surface area contributed by atoms with Crippen molar-refractivity contribution in [2.75, 3.05) is 7.11 Å². The second-order valence-electron chi connectivity index (χ2n) is 4.61. The Kier molecular flexibility index (Phi) is 4.33. The fraction of sp³-hybridized carbons (Fsp3) is 0.308. The van der Waals surface area contributed by atoms with Gasteiger partial charge in [-0.25, -0.2) is 0 Å². The molecule has 0 amide bonds. The smallest absolute Gasteiger partial charge is 0.454 e. The molecule has 23 heavy (non-hydrogen) atoms. The van der Waals surface area contributed by atoms with E-state index in [0.29, 0.717) is 8.14 Å². The highest BCUT2D eigenvalue weighted by Crippen LogP contribution is 2.42. The van der Waals surface area contributed by atoms with Crippen molar-refractivity contribution in [3.05, 3.63) is 27.0 Å². The standard InChI is InChI=1S/C13H8F6INO2/c1-21-7-4-6(20)8(23-2)3-5(7)9(10(21)12(14,15)16)11(22)13(17,18)19/h3-4H,1-2H3. The minimum absolute atomic E-state index is 0.0775. The zero-order valence-electron chi connectivity index (χ0n) is 11.6. The van der Waals surface area contributed by atoms with Gasteiger partial charge in [-0.2, -0.15) is 26.3 Å². The van der Waals surface area contributed by atoms with E-state index in [-0.39, 0.29) is 11.3 Å². The predicted molar refractivity (Wildman–Crippen MR) is 77.6 cm³/mol. The fourth-order valence-corrected chi connectivity index (χ4v) is 2.97. The number of fused-ring (bicyclic) bond motifs is 1. The van der Waals surface area contributed by atoms with Crippen molar-refractivity contribution in [1.82, 2.24) is 4.57 Å². The number of alkyl halides is 6. The lowest BCUT2D eigenvalue weighted by Crippen LogP contribution is -2.26. The van der Waals surface area contributed by atoms with Crippen molar-refractivity contribution >= 4 is 39.3 Å². The Morgan fingerprint density at radius 1 is 1.17 bits per heavy atom. The normalized spacial score (nSPS) is 12.7. The number of Topliss-reactive ketones (excluding diaryl/α,β-unsaturated/α-hetero) is 1. The molecule has 0 unspecified atom stereocenters. The minimum Gasteiger partial charge on any atom is -0.496 e. The number of aromatic nitrogens is 1. The van der Waals surface area contributed by atoms with Crippen LogP contribution in [-0.2, 0) is 13.2 Å². The van der Waals surface area contributed by atoms with Crippen LogP contribution in [0.4, 0.5) is 26.3 Å². The van der Waals surface area contributed by atoms with E-state index in [0.717, 1.165) is 13.1 Å². The lowest BCUT2D eigenvalue weighted by molar-refractivity contribution is -0.143. The molecule has 0 aliphatic rings. The largest absolute Gasteiger partial charge is 0.496 e. The van der Waals surface area contributed by atoms with Crippen LogP contribution in [0.15, 0.2) is 12.1 Å². The van der Waals surface area contributed by atoms with Gasteiger partial charge in [0.25, 0.3) is 5.78 Å². The number of ether oxygens (including phenoxy) is 1. The van der Waals surface area contributed by atoms with Crippen LogP contribution in [0.25, 0.3) is 10.9 Å². The summed E-state index contributed by atoms with van der Waals surface area (Å²) in [5, 5.41) is -0.459. The molecule has 10 heteroatoms. The van der Waals surface area contributed by atoms with Gasteiger partial charge in [0.05, 0.1) is 21.8 Å². The third kappa shape index (κ3) is 3.00. The Balaban J connectivity index is 2.98. The lowest BCUT2D eigenvalue weighted by atomic mass is 10.1. The highest BCUT2D eigenvalue weighted by Gasteiger charge is 2.48.